The average Bonchev–Trinajstić information content (AvgIpc) is 2.48. The maximum Gasteiger partial charge on any atom is 0.173 e. The summed E-state index contributed by atoms with van der Waals surface area (Å²) in [5.41, 5.74) is 3.72. The van der Waals surface area contributed by atoms with Crippen LogP contribution in [0.5, 0.6) is 0 Å². The molecule has 0 spiro atoms. The normalized spacial score (nSPS) is 16.5. The molecule has 0 saturated carbocycles. The van der Waals surface area contributed by atoms with Crippen LogP contribution in [0, 0.1) is 0 Å². The molecule has 0 saturated heterocycles. The van der Waals surface area contributed by atoms with Crippen LogP contribution in [-0.2, 0) is 12.8 Å². The molecule has 1 aromatic carbocycles. The minimum atomic E-state index is 0.188. The molecule has 0 aromatic heterocycles. The molecule has 1 aliphatic rings. The van der Waals surface area contributed by atoms with E-state index in [9.17, 15) is 4.79 Å². The van der Waals surface area contributed by atoms with E-state index >= 15 is 0 Å². The fourth-order valence-electron chi connectivity index (χ4n) is 2.51. The first-order chi connectivity index (χ1) is 8.31. The van der Waals surface area contributed by atoms with E-state index in [1.165, 1.54) is 49.7 Å². The number of carbonyl (C=O) groups excluding carboxylic acids is 1. The molecule has 0 fully saturated rings. The van der Waals surface area contributed by atoms with E-state index < -0.39 is 0 Å². The highest BCUT2D eigenvalue weighted by atomic mass is 79.9. The molecule has 2 rings (SSSR count). The smallest absolute Gasteiger partial charge is 0.173 e. The number of aryl methyl sites for hydroxylation is 2. The van der Waals surface area contributed by atoms with Crippen LogP contribution in [0.25, 0.3) is 0 Å². The first-order valence-corrected chi connectivity index (χ1v) is 7.64. The fourth-order valence-corrected chi connectivity index (χ4v) is 2.84. The van der Waals surface area contributed by atoms with Crippen LogP contribution in [0.15, 0.2) is 18.2 Å². The van der Waals surface area contributed by atoms with E-state index in [4.69, 9.17) is 0 Å². The van der Waals surface area contributed by atoms with Crippen molar-refractivity contribution in [2.45, 2.75) is 44.9 Å². The third kappa shape index (κ3) is 3.41. The third-order valence-electron chi connectivity index (χ3n) is 3.54. The van der Waals surface area contributed by atoms with Gasteiger partial charge in [-0.2, -0.15) is 0 Å². The van der Waals surface area contributed by atoms with E-state index in [-0.39, 0.29) is 5.78 Å². The molecule has 0 atom stereocenters. The highest BCUT2D eigenvalue weighted by Crippen LogP contribution is 2.21. The van der Waals surface area contributed by atoms with Gasteiger partial charge in [0.15, 0.2) is 5.78 Å². The molecule has 92 valence electrons. The van der Waals surface area contributed by atoms with Crippen LogP contribution in [0.4, 0.5) is 0 Å². The van der Waals surface area contributed by atoms with Crippen molar-refractivity contribution in [2.75, 3.05) is 5.33 Å². The zero-order chi connectivity index (χ0) is 12.1. The van der Waals surface area contributed by atoms with Gasteiger partial charge in [0.25, 0.3) is 0 Å². The van der Waals surface area contributed by atoms with E-state index in [0.717, 1.165) is 12.0 Å². The monoisotopic (exact) mass is 294 g/mol. The Morgan fingerprint density at radius 1 is 1.00 bits per heavy atom. The lowest BCUT2D eigenvalue weighted by Crippen LogP contribution is -2.03. The first kappa shape index (κ1) is 12.8. The maximum absolute atomic E-state index is 11.7. The van der Waals surface area contributed by atoms with Crippen LogP contribution in [0.3, 0.4) is 0 Å². The number of ketones is 1. The lowest BCUT2D eigenvalue weighted by Gasteiger charge is -2.09. The average molecular weight is 295 g/mol. The molecule has 1 nitrogen and oxygen atoms in total. The van der Waals surface area contributed by atoms with Gasteiger partial charge in [0, 0.05) is 5.56 Å². The number of rotatable bonds is 2. The molecule has 0 unspecified atom stereocenters. The number of benzene rings is 1. The summed E-state index contributed by atoms with van der Waals surface area (Å²) in [6.07, 6.45) is 8.91. The van der Waals surface area contributed by atoms with Crippen molar-refractivity contribution in [2.24, 2.45) is 0 Å². The number of Topliss-reactive ketones (excluding diaryl/α,β-unsaturated/α-hetero) is 1. The molecule has 0 amide bonds. The van der Waals surface area contributed by atoms with E-state index in [1.54, 1.807) is 0 Å². The second-order valence-corrected chi connectivity index (χ2v) is 5.37. The van der Waals surface area contributed by atoms with E-state index in [2.05, 4.69) is 28.1 Å². The Kier molecular flexibility index (Phi) is 4.78. The highest BCUT2D eigenvalue weighted by molar-refractivity contribution is 9.09. The second-order valence-electron chi connectivity index (χ2n) is 4.81. The van der Waals surface area contributed by atoms with Crippen LogP contribution >= 0.6 is 15.9 Å². The summed E-state index contributed by atoms with van der Waals surface area (Å²) in [5.74, 6) is 0.188. The lowest BCUT2D eigenvalue weighted by atomic mass is 9.96. The summed E-state index contributed by atoms with van der Waals surface area (Å²) < 4.78 is 0. The predicted molar refractivity (Wildman–Crippen MR) is 75.1 cm³/mol. The number of hydrogen-bond acceptors (Lipinski definition) is 1. The van der Waals surface area contributed by atoms with Crippen molar-refractivity contribution >= 4 is 21.7 Å². The fraction of sp³-hybridized carbons (Fsp3) is 0.533. The Hall–Kier alpha value is -0.630. The van der Waals surface area contributed by atoms with Gasteiger partial charge in [-0.05, 0) is 42.9 Å². The Morgan fingerprint density at radius 2 is 1.65 bits per heavy atom. The topological polar surface area (TPSA) is 17.1 Å². The molecular weight excluding hydrogens is 276 g/mol. The molecule has 0 bridgehead atoms. The third-order valence-corrected chi connectivity index (χ3v) is 4.05. The standard InChI is InChI=1S/C15H19BrO/c16-11-15(17)14-9-8-12-6-4-2-1-3-5-7-13(12)10-14/h8-10H,1-7,11H2. The largest absolute Gasteiger partial charge is 0.293 e. The van der Waals surface area contributed by atoms with E-state index in [1.807, 2.05) is 6.07 Å². The zero-order valence-electron chi connectivity index (χ0n) is 10.2. The van der Waals surface area contributed by atoms with Gasteiger partial charge in [0.1, 0.15) is 0 Å². The molecular formula is C15H19BrO. The Labute approximate surface area is 112 Å². The summed E-state index contributed by atoms with van der Waals surface area (Å²) >= 11 is 3.24. The molecule has 0 radical (unpaired) electrons. The molecule has 0 heterocycles. The van der Waals surface area contributed by atoms with Crippen LogP contribution in [0.2, 0.25) is 0 Å². The van der Waals surface area contributed by atoms with Gasteiger partial charge >= 0.3 is 0 Å². The van der Waals surface area contributed by atoms with Gasteiger partial charge in [-0.3, -0.25) is 4.79 Å². The Balaban J connectivity index is 2.25. The van der Waals surface area contributed by atoms with Gasteiger partial charge in [0.2, 0.25) is 0 Å². The van der Waals surface area contributed by atoms with Crippen molar-refractivity contribution in [1.29, 1.82) is 0 Å². The maximum atomic E-state index is 11.7. The van der Waals surface area contributed by atoms with E-state index in [0.29, 0.717) is 5.33 Å². The SMILES string of the molecule is O=C(CBr)c1ccc2c(c1)CCCCCCC2. The number of carbonyl (C=O) groups is 1. The van der Waals surface area contributed by atoms with Gasteiger partial charge in [-0.1, -0.05) is 47.3 Å². The van der Waals surface area contributed by atoms with Gasteiger partial charge in [-0.25, -0.2) is 0 Å². The predicted octanol–water partition coefficient (Wildman–Crippen LogP) is 4.31. The highest BCUT2D eigenvalue weighted by Gasteiger charge is 2.10. The molecule has 2 heteroatoms. The molecule has 1 aliphatic carbocycles. The minimum absolute atomic E-state index is 0.188. The molecule has 0 N–H and O–H groups in total. The van der Waals surface area contributed by atoms with Gasteiger partial charge in [-0.15, -0.1) is 0 Å². The number of fused-ring (bicyclic) bond motifs is 1. The van der Waals surface area contributed by atoms with Crippen molar-refractivity contribution < 1.29 is 4.79 Å². The Bertz CT molecular complexity index is 398. The number of halogens is 1. The van der Waals surface area contributed by atoms with Crippen molar-refractivity contribution in [1.82, 2.24) is 0 Å². The summed E-state index contributed by atoms with van der Waals surface area (Å²) in [4.78, 5) is 11.7. The number of alkyl halides is 1. The van der Waals surface area contributed by atoms with Crippen molar-refractivity contribution in [3.8, 4) is 0 Å². The van der Waals surface area contributed by atoms with Crippen LogP contribution < -0.4 is 0 Å². The number of hydrogen-bond donors (Lipinski definition) is 0. The van der Waals surface area contributed by atoms with Crippen molar-refractivity contribution in [3.63, 3.8) is 0 Å². The quantitative estimate of drug-likeness (QED) is 0.587. The lowest BCUT2D eigenvalue weighted by molar-refractivity contribution is 0.102. The summed E-state index contributed by atoms with van der Waals surface area (Å²) in [5, 5.41) is 0.422. The summed E-state index contributed by atoms with van der Waals surface area (Å²) in [6, 6.07) is 6.26. The summed E-state index contributed by atoms with van der Waals surface area (Å²) in [6.45, 7) is 0. The Morgan fingerprint density at radius 3 is 2.35 bits per heavy atom. The summed E-state index contributed by atoms with van der Waals surface area (Å²) in [7, 11) is 0. The molecule has 0 aliphatic heterocycles. The zero-order valence-corrected chi connectivity index (χ0v) is 11.8. The van der Waals surface area contributed by atoms with Gasteiger partial charge in [0.05, 0.1) is 5.33 Å². The minimum Gasteiger partial charge on any atom is -0.293 e. The van der Waals surface area contributed by atoms with Gasteiger partial charge < -0.3 is 0 Å². The molecule has 1 aromatic rings. The second kappa shape index (κ2) is 6.34. The van der Waals surface area contributed by atoms with Crippen LogP contribution in [-0.4, -0.2) is 11.1 Å². The first-order valence-electron chi connectivity index (χ1n) is 6.52. The van der Waals surface area contributed by atoms with Crippen molar-refractivity contribution in [3.05, 3.63) is 34.9 Å². The van der Waals surface area contributed by atoms with Crippen LogP contribution in [0.1, 0.15) is 53.6 Å². The molecule has 17 heavy (non-hydrogen) atoms.